The molecule has 5 nitrogen and oxygen atoms in total. The Kier molecular flexibility index (Phi) is 4.67. The Morgan fingerprint density at radius 1 is 1.56 bits per heavy atom. The zero-order chi connectivity index (χ0) is 12.2. The van der Waals surface area contributed by atoms with Crippen molar-refractivity contribution >= 4 is 21.6 Å². The third-order valence-corrected chi connectivity index (χ3v) is 4.14. The van der Waals surface area contributed by atoms with E-state index in [0.29, 0.717) is 13.1 Å². The van der Waals surface area contributed by atoms with E-state index in [-0.39, 0.29) is 10.0 Å². The molecule has 0 fully saturated rings. The van der Waals surface area contributed by atoms with Gasteiger partial charge in [-0.3, -0.25) is 0 Å². The van der Waals surface area contributed by atoms with Gasteiger partial charge in [-0.05, 0) is 19.2 Å². The highest BCUT2D eigenvalue weighted by atomic mass is 35.5. The number of hydrogen-bond donors (Lipinski definition) is 1. The van der Waals surface area contributed by atoms with Crippen LogP contribution in [0.3, 0.4) is 0 Å². The molecule has 90 valence electrons. The molecule has 0 aliphatic heterocycles. The first kappa shape index (κ1) is 13.4. The van der Waals surface area contributed by atoms with Crippen LogP contribution in [0.4, 0.5) is 0 Å². The number of aromatic nitrogens is 1. The average Bonchev–Trinajstić information content (AvgIpc) is 2.25. The van der Waals surface area contributed by atoms with Gasteiger partial charge in [0.15, 0.2) is 0 Å². The number of hydrogen-bond acceptors (Lipinski definition) is 4. The van der Waals surface area contributed by atoms with Crippen LogP contribution in [0.15, 0.2) is 23.2 Å². The van der Waals surface area contributed by atoms with E-state index in [2.05, 4.69) is 10.3 Å². The Balaban J connectivity index is 2.93. The summed E-state index contributed by atoms with van der Waals surface area (Å²) in [5, 5.41) is 3.06. The van der Waals surface area contributed by atoms with Crippen molar-refractivity contribution in [2.75, 3.05) is 27.2 Å². The Morgan fingerprint density at radius 2 is 2.25 bits per heavy atom. The van der Waals surface area contributed by atoms with E-state index >= 15 is 0 Å². The lowest BCUT2D eigenvalue weighted by Crippen LogP contribution is -2.32. The summed E-state index contributed by atoms with van der Waals surface area (Å²) in [6.07, 6.45) is 1.38. The smallest absolute Gasteiger partial charge is 0.243 e. The predicted octanol–water partition coefficient (Wildman–Crippen LogP) is 0.575. The molecule has 1 heterocycles. The molecule has 1 N–H and O–H groups in total. The lowest BCUT2D eigenvalue weighted by atomic mass is 10.5. The van der Waals surface area contributed by atoms with Crippen LogP contribution in [0.5, 0.6) is 0 Å². The molecule has 0 unspecified atom stereocenters. The average molecular weight is 264 g/mol. The molecular weight excluding hydrogens is 250 g/mol. The van der Waals surface area contributed by atoms with Gasteiger partial charge in [0, 0.05) is 26.3 Å². The summed E-state index contributed by atoms with van der Waals surface area (Å²) in [6.45, 7) is 0.993. The quantitative estimate of drug-likeness (QED) is 0.790. The minimum Gasteiger partial charge on any atom is -0.318 e. The zero-order valence-corrected chi connectivity index (χ0v) is 10.7. The topological polar surface area (TPSA) is 62.3 Å². The van der Waals surface area contributed by atoms with Crippen molar-refractivity contribution in [1.82, 2.24) is 14.6 Å². The first-order valence-electron chi connectivity index (χ1n) is 4.71. The summed E-state index contributed by atoms with van der Waals surface area (Å²) in [5.41, 5.74) is 0. The van der Waals surface area contributed by atoms with E-state index in [1.54, 1.807) is 7.05 Å². The molecule has 0 aliphatic carbocycles. The highest BCUT2D eigenvalue weighted by Crippen LogP contribution is 2.16. The zero-order valence-electron chi connectivity index (χ0n) is 9.14. The van der Waals surface area contributed by atoms with E-state index in [4.69, 9.17) is 11.6 Å². The van der Waals surface area contributed by atoms with Gasteiger partial charge in [0.05, 0.1) is 4.90 Å². The molecular formula is C9H14ClN3O2S. The van der Waals surface area contributed by atoms with E-state index in [1.807, 2.05) is 0 Å². The van der Waals surface area contributed by atoms with Crippen molar-refractivity contribution in [2.24, 2.45) is 0 Å². The van der Waals surface area contributed by atoms with Crippen LogP contribution >= 0.6 is 11.6 Å². The van der Waals surface area contributed by atoms with Crippen molar-refractivity contribution in [1.29, 1.82) is 0 Å². The van der Waals surface area contributed by atoms with Crippen molar-refractivity contribution in [3.05, 3.63) is 23.5 Å². The standard InChI is InChI=1S/C9H14ClN3O2S/c1-11-5-6-13(2)16(14,15)8-3-4-12-9(10)7-8/h3-4,7,11H,5-6H2,1-2H3. The molecule has 7 heteroatoms. The fraction of sp³-hybridized carbons (Fsp3) is 0.444. The van der Waals surface area contributed by atoms with Gasteiger partial charge in [-0.25, -0.2) is 13.4 Å². The number of likely N-dealkylation sites (N-methyl/N-ethyl adjacent to an activating group) is 2. The number of rotatable bonds is 5. The molecule has 0 atom stereocenters. The van der Waals surface area contributed by atoms with E-state index in [0.717, 1.165) is 0 Å². The first-order chi connectivity index (χ1) is 7.48. The van der Waals surface area contributed by atoms with Gasteiger partial charge in [-0.15, -0.1) is 0 Å². The maximum Gasteiger partial charge on any atom is 0.243 e. The van der Waals surface area contributed by atoms with E-state index in [9.17, 15) is 8.42 Å². The third kappa shape index (κ3) is 3.15. The Hall–Kier alpha value is -0.690. The number of nitrogens with zero attached hydrogens (tertiary/aromatic N) is 2. The number of pyridine rings is 1. The highest BCUT2D eigenvalue weighted by Gasteiger charge is 2.20. The van der Waals surface area contributed by atoms with Crippen molar-refractivity contribution in [3.63, 3.8) is 0 Å². The minimum atomic E-state index is -3.46. The molecule has 1 rings (SSSR count). The summed E-state index contributed by atoms with van der Waals surface area (Å²) in [7, 11) is -0.168. The molecule has 0 amide bonds. The largest absolute Gasteiger partial charge is 0.318 e. The van der Waals surface area contributed by atoms with E-state index < -0.39 is 10.0 Å². The minimum absolute atomic E-state index is 0.158. The van der Waals surface area contributed by atoms with Crippen molar-refractivity contribution < 1.29 is 8.42 Å². The Morgan fingerprint density at radius 3 is 2.81 bits per heavy atom. The second-order valence-electron chi connectivity index (χ2n) is 3.24. The number of halogens is 1. The van der Waals surface area contributed by atoms with Gasteiger partial charge in [0.25, 0.3) is 0 Å². The summed E-state index contributed by atoms with van der Waals surface area (Å²) in [4.78, 5) is 3.90. The molecule has 16 heavy (non-hydrogen) atoms. The van der Waals surface area contributed by atoms with Gasteiger partial charge >= 0.3 is 0 Å². The molecule has 0 radical (unpaired) electrons. The summed E-state index contributed by atoms with van der Waals surface area (Å²) in [5.74, 6) is 0. The second-order valence-corrected chi connectivity index (χ2v) is 5.68. The number of sulfonamides is 1. The summed E-state index contributed by atoms with van der Waals surface area (Å²) < 4.78 is 25.3. The molecule has 0 bridgehead atoms. The molecule has 0 saturated heterocycles. The molecule has 0 aliphatic rings. The maximum atomic E-state index is 12.0. The fourth-order valence-corrected chi connectivity index (χ4v) is 2.54. The normalized spacial score (nSPS) is 12.0. The van der Waals surface area contributed by atoms with Crippen LogP contribution in [0, 0.1) is 0 Å². The van der Waals surface area contributed by atoms with Crippen molar-refractivity contribution in [2.45, 2.75) is 4.90 Å². The molecule has 1 aromatic heterocycles. The maximum absolute atomic E-state index is 12.0. The van der Waals surface area contributed by atoms with Crippen LogP contribution in [0.25, 0.3) is 0 Å². The lowest BCUT2D eigenvalue weighted by molar-refractivity contribution is 0.466. The van der Waals surface area contributed by atoms with Crippen LogP contribution in [-0.4, -0.2) is 44.9 Å². The van der Waals surface area contributed by atoms with Gasteiger partial charge in [-0.1, -0.05) is 11.6 Å². The third-order valence-electron chi connectivity index (χ3n) is 2.08. The van der Waals surface area contributed by atoms with E-state index in [1.165, 1.54) is 29.7 Å². The molecule has 1 aromatic rings. The number of nitrogens with one attached hydrogen (secondary N) is 1. The van der Waals surface area contributed by atoms with Gasteiger partial charge < -0.3 is 5.32 Å². The highest BCUT2D eigenvalue weighted by molar-refractivity contribution is 7.89. The second kappa shape index (κ2) is 5.58. The SMILES string of the molecule is CNCCN(C)S(=O)(=O)c1ccnc(Cl)c1. The van der Waals surface area contributed by atoms with Gasteiger partial charge in [0.2, 0.25) is 10.0 Å². The van der Waals surface area contributed by atoms with Crippen molar-refractivity contribution in [3.8, 4) is 0 Å². The van der Waals surface area contributed by atoms with Crippen LogP contribution < -0.4 is 5.32 Å². The fourth-order valence-electron chi connectivity index (χ4n) is 1.11. The Bertz CT molecular complexity index is 450. The lowest BCUT2D eigenvalue weighted by Gasteiger charge is -2.16. The predicted molar refractivity (Wildman–Crippen MR) is 63.0 cm³/mol. The van der Waals surface area contributed by atoms with Crippen LogP contribution in [0.1, 0.15) is 0 Å². The molecule has 0 aromatic carbocycles. The van der Waals surface area contributed by atoms with Gasteiger partial charge in [-0.2, -0.15) is 4.31 Å². The monoisotopic (exact) mass is 263 g/mol. The molecule has 0 saturated carbocycles. The van der Waals surface area contributed by atoms with Crippen LogP contribution in [0.2, 0.25) is 5.15 Å². The summed E-state index contributed by atoms with van der Waals surface area (Å²) in [6, 6.07) is 2.77. The molecule has 0 spiro atoms. The summed E-state index contributed by atoms with van der Waals surface area (Å²) >= 11 is 5.65. The van der Waals surface area contributed by atoms with Crippen LogP contribution in [-0.2, 0) is 10.0 Å². The first-order valence-corrected chi connectivity index (χ1v) is 6.53. The Labute approximate surface area is 100 Å². The van der Waals surface area contributed by atoms with Gasteiger partial charge in [0.1, 0.15) is 5.15 Å².